The quantitative estimate of drug-likeness (QED) is 0.827. The van der Waals surface area contributed by atoms with Crippen LogP contribution in [0.4, 0.5) is 0 Å². The van der Waals surface area contributed by atoms with Crippen LogP contribution in [-0.4, -0.2) is 22.8 Å². The van der Waals surface area contributed by atoms with Crippen molar-refractivity contribution in [1.29, 1.82) is 0 Å². The van der Waals surface area contributed by atoms with Crippen molar-refractivity contribution in [2.24, 2.45) is 5.73 Å². The van der Waals surface area contributed by atoms with Gasteiger partial charge in [0.05, 0.1) is 7.11 Å². The molecule has 3 nitrogen and oxygen atoms in total. The van der Waals surface area contributed by atoms with E-state index in [1.807, 2.05) is 31.2 Å². The lowest BCUT2D eigenvalue weighted by Crippen LogP contribution is -2.19. The van der Waals surface area contributed by atoms with Gasteiger partial charge < -0.3 is 10.5 Å². The van der Waals surface area contributed by atoms with E-state index >= 15 is 0 Å². The Morgan fingerprint density at radius 3 is 2.50 bits per heavy atom. The van der Waals surface area contributed by atoms with E-state index in [0.717, 1.165) is 23.5 Å². The molecule has 0 amide bonds. The molecule has 0 aliphatic rings. The second-order valence-corrected chi connectivity index (χ2v) is 5.31. The average Bonchev–Trinajstić information content (AvgIpc) is 2.29. The van der Waals surface area contributed by atoms with Crippen molar-refractivity contribution in [3.05, 3.63) is 29.8 Å². The van der Waals surface area contributed by atoms with Crippen LogP contribution in [0.3, 0.4) is 0 Å². The molecule has 0 saturated heterocycles. The van der Waals surface area contributed by atoms with Crippen LogP contribution >= 0.6 is 0 Å². The topological polar surface area (TPSA) is 52.3 Å². The van der Waals surface area contributed by atoms with E-state index in [4.69, 9.17) is 10.5 Å². The maximum absolute atomic E-state index is 11.6. The minimum atomic E-state index is -0.814. The van der Waals surface area contributed by atoms with Gasteiger partial charge in [0.2, 0.25) is 0 Å². The van der Waals surface area contributed by atoms with Crippen LogP contribution < -0.4 is 10.5 Å². The van der Waals surface area contributed by atoms with Crippen molar-refractivity contribution < 1.29 is 8.95 Å². The summed E-state index contributed by atoms with van der Waals surface area (Å²) in [4.78, 5) is 0. The Balaban J connectivity index is 2.58. The van der Waals surface area contributed by atoms with E-state index in [2.05, 4.69) is 0 Å². The predicted molar refractivity (Wildman–Crippen MR) is 68.1 cm³/mol. The van der Waals surface area contributed by atoms with Crippen molar-refractivity contribution in [1.82, 2.24) is 0 Å². The molecule has 0 saturated carbocycles. The monoisotopic (exact) mass is 241 g/mol. The van der Waals surface area contributed by atoms with E-state index in [-0.39, 0.29) is 6.04 Å². The predicted octanol–water partition coefficient (Wildman–Crippen LogP) is 1.85. The number of benzene rings is 1. The molecule has 0 heterocycles. The van der Waals surface area contributed by atoms with E-state index in [1.165, 1.54) is 0 Å². The van der Waals surface area contributed by atoms with E-state index < -0.39 is 10.8 Å². The van der Waals surface area contributed by atoms with Gasteiger partial charge in [0, 0.05) is 28.3 Å². The van der Waals surface area contributed by atoms with Gasteiger partial charge >= 0.3 is 0 Å². The summed E-state index contributed by atoms with van der Waals surface area (Å²) in [7, 11) is 0.816. The molecule has 1 rings (SSSR count). The van der Waals surface area contributed by atoms with Crippen molar-refractivity contribution in [2.45, 2.75) is 19.4 Å². The van der Waals surface area contributed by atoms with Gasteiger partial charge in [-0.3, -0.25) is 4.21 Å². The highest BCUT2D eigenvalue weighted by atomic mass is 32.2. The molecule has 0 aliphatic carbocycles. The van der Waals surface area contributed by atoms with Crippen LogP contribution in [0.1, 0.15) is 24.9 Å². The zero-order valence-corrected chi connectivity index (χ0v) is 10.6. The minimum Gasteiger partial charge on any atom is -0.497 e. The zero-order chi connectivity index (χ0) is 12.0. The molecule has 2 atom stereocenters. The van der Waals surface area contributed by atoms with Crippen LogP contribution in [0.5, 0.6) is 5.75 Å². The SMILES string of the molecule is CCCS(=O)CC(N)c1ccc(OC)cc1. The maximum Gasteiger partial charge on any atom is 0.118 e. The molecule has 2 N–H and O–H groups in total. The number of nitrogens with two attached hydrogens (primary N) is 1. The number of methoxy groups -OCH3 is 1. The van der Waals surface area contributed by atoms with Gasteiger partial charge in [0.1, 0.15) is 5.75 Å². The first-order chi connectivity index (χ1) is 7.67. The summed E-state index contributed by atoms with van der Waals surface area (Å²) in [5.41, 5.74) is 6.99. The Bertz CT molecular complexity index is 337. The van der Waals surface area contributed by atoms with Crippen molar-refractivity contribution in [3.63, 3.8) is 0 Å². The summed E-state index contributed by atoms with van der Waals surface area (Å²) in [6.07, 6.45) is 0.932. The summed E-state index contributed by atoms with van der Waals surface area (Å²) < 4.78 is 16.6. The highest BCUT2D eigenvalue weighted by Gasteiger charge is 2.09. The van der Waals surface area contributed by atoms with Crippen molar-refractivity contribution >= 4 is 10.8 Å². The van der Waals surface area contributed by atoms with Crippen LogP contribution in [0, 0.1) is 0 Å². The molecule has 0 bridgehead atoms. The maximum atomic E-state index is 11.6. The van der Waals surface area contributed by atoms with Gasteiger partial charge in [-0.1, -0.05) is 19.1 Å². The van der Waals surface area contributed by atoms with Crippen molar-refractivity contribution in [3.8, 4) is 5.75 Å². The van der Waals surface area contributed by atoms with Gasteiger partial charge in [-0.15, -0.1) is 0 Å². The molecule has 0 aromatic heterocycles. The van der Waals surface area contributed by atoms with Crippen LogP contribution in [0.2, 0.25) is 0 Å². The summed E-state index contributed by atoms with van der Waals surface area (Å²) in [5, 5.41) is 0. The highest BCUT2D eigenvalue weighted by Crippen LogP contribution is 2.16. The molecule has 0 radical (unpaired) electrons. The molecule has 16 heavy (non-hydrogen) atoms. The molecule has 90 valence electrons. The fourth-order valence-corrected chi connectivity index (χ4v) is 2.67. The number of hydrogen-bond acceptors (Lipinski definition) is 3. The largest absolute Gasteiger partial charge is 0.497 e. The summed E-state index contributed by atoms with van der Waals surface area (Å²) in [6.45, 7) is 2.02. The molecule has 0 spiro atoms. The van der Waals surface area contributed by atoms with Gasteiger partial charge in [0.25, 0.3) is 0 Å². The van der Waals surface area contributed by atoms with Crippen molar-refractivity contribution in [2.75, 3.05) is 18.6 Å². The third kappa shape index (κ3) is 3.94. The molecular weight excluding hydrogens is 222 g/mol. The minimum absolute atomic E-state index is 0.154. The number of rotatable bonds is 6. The lowest BCUT2D eigenvalue weighted by molar-refractivity contribution is 0.414. The molecule has 2 unspecified atom stereocenters. The molecule has 4 heteroatoms. The van der Waals surface area contributed by atoms with Crippen LogP contribution in [-0.2, 0) is 10.8 Å². The molecule has 0 aliphatic heterocycles. The Labute approximate surface area is 99.4 Å². The summed E-state index contributed by atoms with van der Waals surface area (Å²) >= 11 is 0. The third-order valence-corrected chi connectivity index (χ3v) is 3.94. The second kappa shape index (κ2) is 6.66. The van der Waals surface area contributed by atoms with Crippen LogP contribution in [0.15, 0.2) is 24.3 Å². The van der Waals surface area contributed by atoms with E-state index in [0.29, 0.717) is 5.75 Å². The molecule has 0 fully saturated rings. The Morgan fingerprint density at radius 2 is 2.00 bits per heavy atom. The molecule has 1 aromatic carbocycles. The smallest absolute Gasteiger partial charge is 0.118 e. The number of hydrogen-bond donors (Lipinski definition) is 1. The standard InChI is InChI=1S/C12H19NO2S/c1-3-8-16(14)9-12(13)10-4-6-11(15-2)7-5-10/h4-7,12H,3,8-9,13H2,1-2H3. The lowest BCUT2D eigenvalue weighted by Gasteiger charge is -2.11. The lowest BCUT2D eigenvalue weighted by atomic mass is 10.1. The Kier molecular flexibility index (Phi) is 5.49. The van der Waals surface area contributed by atoms with Gasteiger partial charge in [-0.25, -0.2) is 0 Å². The van der Waals surface area contributed by atoms with E-state index in [9.17, 15) is 4.21 Å². The fourth-order valence-electron chi connectivity index (χ4n) is 1.46. The highest BCUT2D eigenvalue weighted by molar-refractivity contribution is 7.85. The van der Waals surface area contributed by atoms with Gasteiger partial charge in [0.15, 0.2) is 0 Å². The molecular formula is C12H19NO2S. The normalized spacial score (nSPS) is 14.4. The molecule has 1 aromatic rings. The van der Waals surface area contributed by atoms with Gasteiger partial charge in [-0.05, 0) is 24.1 Å². The van der Waals surface area contributed by atoms with E-state index in [1.54, 1.807) is 7.11 Å². The Morgan fingerprint density at radius 1 is 1.38 bits per heavy atom. The first-order valence-electron chi connectivity index (χ1n) is 5.42. The summed E-state index contributed by atoms with van der Waals surface area (Å²) in [6, 6.07) is 7.44. The van der Waals surface area contributed by atoms with Crippen LogP contribution in [0.25, 0.3) is 0 Å². The third-order valence-electron chi connectivity index (χ3n) is 2.34. The average molecular weight is 241 g/mol. The Hall–Kier alpha value is -0.870. The van der Waals surface area contributed by atoms with Gasteiger partial charge in [-0.2, -0.15) is 0 Å². The first kappa shape index (κ1) is 13.2. The zero-order valence-electron chi connectivity index (χ0n) is 9.81. The summed E-state index contributed by atoms with van der Waals surface area (Å²) in [5.74, 6) is 2.06. The fraction of sp³-hybridized carbons (Fsp3) is 0.500. The second-order valence-electron chi connectivity index (χ2n) is 3.69. The first-order valence-corrected chi connectivity index (χ1v) is 6.90. The number of ether oxygens (including phenoxy) is 1.